The maximum atomic E-state index is 12.7. The number of benzene rings is 1. The van der Waals surface area contributed by atoms with Crippen LogP contribution in [0.25, 0.3) is 0 Å². The molecule has 0 spiro atoms. The summed E-state index contributed by atoms with van der Waals surface area (Å²) in [4.78, 5) is 0. The molecular weight excluding hydrogens is 311 g/mol. The summed E-state index contributed by atoms with van der Waals surface area (Å²) in [7, 11) is 0. The molecule has 0 aliphatic carbocycles. The molecule has 1 nitrogen and oxygen atoms in total. The Hall–Kier alpha value is -0.690. The Morgan fingerprint density at radius 3 is 2.24 bits per heavy atom. The average Bonchev–Trinajstić information content (AvgIpc) is 2.15. The van der Waals surface area contributed by atoms with Crippen LogP contribution < -0.4 is 0 Å². The van der Waals surface area contributed by atoms with E-state index in [0.717, 1.165) is 0 Å². The standard InChI is InChI=1S/C10H8BrF5O/c11-7-3-1-2-6(4-7)8(17)5-9(12,13)10(14,15)16/h1-4,8,17H,5H2. The van der Waals surface area contributed by atoms with Gasteiger partial charge in [0.05, 0.1) is 12.5 Å². The molecule has 0 radical (unpaired) electrons. The SMILES string of the molecule is OC(CC(F)(F)C(F)(F)F)c1cccc(Br)c1. The first kappa shape index (κ1) is 14.4. The van der Waals surface area contributed by atoms with E-state index in [9.17, 15) is 27.1 Å². The summed E-state index contributed by atoms with van der Waals surface area (Å²) >= 11 is 3.03. The molecule has 1 aromatic carbocycles. The van der Waals surface area contributed by atoms with Crippen LogP contribution in [-0.4, -0.2) is 17.2 Å². The largest absolute Gasteiger partial charge is 0.453 e. The van der Waals surface area contributed by atoms with Crippen LogP contribution >= 0.6 is 15.9 Å². The van der Waals surface area contributed by atoms with Crippen molar-refractivity contribution in [2.75, 3.05) is 0 Å². The molecule has 0 aliphatic heterocycles. The van der Waals surface area contributed by atoms with Crippen LogP contribution in [0.15, 0.2) is 28.7 Å². The molecule has 1 unspecified atom stereocenters. The van der Waals surface area contributed by atoms with E-state index in [0.29, 0.717) is 4.47 Å². The minimum Gasteiger partial charge on any atom is -0.388 e. The van der Waals surface area contributed by atoms with Gasteiger partial charge in [-0.15, -0.1) is 0 Å². The van der Waals surface area contributed by atoms with Crippen LogP contribution in [0.5, 0.6) is 0 Å². The van der Waals surface area contributed by atoms with Gasteiger partial charge in [-0.1, -0.05) is 28.1 Å². The molecule has 0 heterocycles. The van der Waals surface area contributed by atoms with E-state index >= 15 is 0 Å². The van der Waals surface area contributed by atoms with E-state index < -0.39 is 24.6 Å². The molecule has 96 valence electrons. The van der Waals surface area contributed by atoms with Gasteiger partial charge in [0.1, 0.15) is 0 Å². The zero-order chi connectivity index (χ0) is 13.3. The summed E-state index contributed by atoms with van der Waals surface area (Å²) < 4.78 is 61.6. The topological polar surface area (TPSA) is 20.2 Å². The minimum absolute atomic E-state index is 0.00306. The number of alkyl halides is 5. The first-order valence-electron chi connectivity index (χ1n) is 4.51. The van der Waals surface area contributed by atoms with Gasteiger partial charge in [-0.2, -0.15) is 22.0 Å². The van der Waals surface area contributed by atoms with Crippen molar-refractivity contribution in [3.63, 3.8) is 0 Å². The van der Waals surface area contributed by atoms with E-state index in [1.165, 1.54) is 18.2 Å². The van der Waals surface area contributed by atoms with Gasteiger partial charge in [0, 0.05) is 4.47 Å². The lowest BCUT2D eigenvalue weighted by Crippen LogP contribution is -2.37. The van der Waals surface area contributed by atoms with Crippen LogP contribution in [0, 0.1) is 0 Å². The second-order valence-electron chi connectivity index (χ2n) is 3.48. The average molecular weight is 319 g/mol. The van der Waals surface area contributed by atoms with Crippen molar-refractivity contribution in [1.82, 2.24) is 0 Å². The number of halogens is 6. The van der Waals surface area contributed by atoms with Gasteiger partial charge in [0.25, 0.3) is 0 Å². The smallest absolute Gasteiger partial charge is 0.388 e. The first-order chi connectivity index (χ1) is 7.63. The van der Waals surface area contributed by atoms with Gasteiger partial charge in [0.15, 0.2) is 0 Å². The molecule has 0 aromatic heterocycles. The van der Waals surface area contributed by atoms with Crippen LogP contribution in [0.3, 0.4) is 0 Å². The van der Waals surface area contributed by atoms with Crippen LogP contribution in [0.4, 0.5) is 22.0 Å². The fourth-order valence-electron chi connectivity index (χ4n) is 1.19. The van der Waals surface area contributed by atoms with Crippen LogP contribution in [-0.2, 0) is 0 Å². The highest BCUT2D eigenvalue weighted by Gasteiger charge is 2.58. The van der Waals surface area contributed by atoms with Crippen LogP contribution in [0.1, 0.15) is 18.1 Å². The maximum Gasteiger partial charge on any atom is 0.453 e. The third kappa shape index (κ3) is 3.64. The predicted octanol–water partition coefficient (Wildman–Crippen LogP) is 4.07. The monoisotopic (exact) mass is 318 g/mol. The number of hydrogen-bond donors (Lipinski definition) is 1. The number of aliphatic hydroxyl groups excluding tert-OH is 1. The maximum absolute atomic E-state index is 12.7. The van der Waals surface area contributed by atoms with E-state index in [1.54, 1.807) is 6.07 Å². The van der Waals surface area contributed by atoms with Crippen LogP contribution in [0.2, 0.25) is 0 Å². The lowest BCUT2D eigenvalue weighted by Gasteiger charge is -2.22. The molecule has 7 heteroatoms. The third-order valence-electron chi connectivity index (χ3n) is 2.10. The fraction of sp³-hybridized carbons (Fsp3) is 0.400. The lowest BCUT2D eigenvalue weighted by atomic mass is 10.0. The predicted molar refractivity (Wildman–Crippen MR) is 54.7 cm³/mol. The highest BCUT2D eigenvalue weighted by molar-refractivity contribution is 9.10. The van der Waals surface area contributed by atoms with Gasteiger partial charge >= 0.3 is 12.1 Å². The normalized spacial score (nSPS) is 14.8. The Morgan fingerprint density at radius 1 is 1.18 bits per heavy atom. The van der Waals surface area contributed by atoms with Crippen molar-refractivity contribution in [1.29, 1.82) is 0 Å². The second-order valence-corrected chi connectivity index (χ2v) is 4.39. The van der Waals surface area contributed by atoms with E-state index in [2.05, 4.69) is 15.9 Å². The molecule has 0 saturated heterocycles. The molecule has 1 atom stereocenters. The molecule has 0 saturated carbocycles. The molecule has 1 N–H and O–H groups in total. The molecule has 1 rings (SSSR count). The molecule has 1 aromatic rings. The van der Waals surface area contributed by atoms with Crippen molar-refractivity contribution in [3.8, 4) is 0 Å². The number of rotatable bonds is 3. The Bertz CT molecular complexity index is 391. The Labute approximate surface area is 102 Å². The number of hydrogen-bond acceptors (Lipinski definition) is 1. The molecule has 0 fully saturated rings. The quantitative estimate of drug-likeness (QED) is 0.833. The highest BCUT2D eigenvalue weighted by Crippen LogP contribution is 2.41. The fourth-order valence-corrected chi connectivity index (χ4v) is 1.61. The molecule has 0 amide bonds. The second kappa shape index (κ2) is 4.89. The third-order valence-corrected chi connectivity index (χ3v) is 2.59. The molecule has 17 heavy (non-hydrogen) atoms. The van der Waals surface area contributed by atoms with Crippen molar-refractivity contribution in [3.05, 3.63) is 34.3 Å². The first-order valence-corrected chi connectivity index (χ1v) is 5.31. The molecule has 0 aliphatic rings. The zero-order valence-electron chi connectivity index (χ0n) is 8.31. The summed E-state index contributed by atoms with van der Waals surface area (Å²) in [6.45, 7) is 0. The van der Waals surface area contributed by atoms with Gasteiger partial charge < -0.3 is 5.11 Å². The number of aliphatic hydroxyl groups is 1. The van der Waals surface area contributed by atoms with E-state index in [4.69, 9.17) is 0 Å². The van der Waals surface area contributed by atoms with Crippen molar-refractivity contribution in [2.45, 2.75) is 24.6 Å². The summed E-state index contributed by atoms with van der Waals surface area (Å²) in [6, 6.07) is 5.57. The molecule has 0 bridgehead atoms. The van der Waals surface area contributed by atoms with Gasteiger partial charge in [-0.05, 0) is 17.7 Å². The van der Waals surface area contributed by atoms with Crippen molar-refractivity contribution < 1.29 is 27.1 Å². The van der Waals surface area contributed by atoms with Gasteiger partial charge in [0.2, 0.25) is 0 Å². The van der Waals surface area contributed by atoms with Gasteiger partial charge in [-0.25, -0.2) is 0 Å². The summed E-state index contributed by atoms with van der Waals surface area (Å²) in [6.07, 6.45) is -9.21. The van der Waals surface area contributed by atoms with Gasteiger partial charge in [-0.3, -0.25) is 0 Å². The lowest BCUT2D eigenvalue weighted by molar-refractivity contribution is -0.290. The minimum atomic E-state index is -5.65. The summed E-state index contributed by atoms with van der Waals surface area (Å²) in [5, 5.41) is 9.34. The Morgan fingerprint density at radius 2 is 1.76 bits per heavy atom. The summed E-state index contributed by atoms with van der Waals surface area (Å²) in [5.41, 5.74) is 0.00306. The molecular formula is C10H8BrF5O. The van der Waals surface area contributed by atoms with Crippen molar-refractivity contribution >= 4 is 15.9 Å². The summed E-state index contributed by atoms with van der Waals surface area (Å²) in [5.74, 6) is -4.91. The Balaban J connectivity index is 2.83. The Kier molecular flexibility index (Phi) is 4.14. The highest BCUT2D eigenvalue weighted by atomic mass is 79.9. The zero-order valence-corrected chi connectivity index (χ0v) is 9.89. The van der Waals surface area contributed by atoms with E-state index in [-0.39, 0.29) is 5.56 Å². The van der Waals surface area contributed by atoms with E-state index in [1.807, 2.05) is 0 Å². The van der Waals surface area contributed by atoms with Crippen molar-refractivity contribution in [2.24, 2.45) is 0 Å².